The average Bonchev–Trinajstić information content (AvgIpc) is 2.38. The highest BCUT2D eigenvalue weighted by atomic mass is 79.9. The van der Waals surface area contributed by atoms with Crippen molar-refractivity contribution in [2.45, 2.75) is 4.90 Å². The van der Waals surface area contributed by atoms with Gasteiger partial charge in [-0.1, -0.05) is 52.8 Å². The Hall–Kier alpha value is -0.990. The maximum Gasteiger partial charge on any atom is 0.0232 e. The highest BCUT2D eigenvalue weighted by Gasteiger charge is 2.00. The zero-order valence-electron chi connectivity index (χ0n) is 9.40. The molecule has 0 atom stereocenters. The molecule has 0 aliphatic heterocycles. The summed E-state index contributed by atoms with van der Waals surface area (Å²) in [4.78, 5) is 1.28. The summed E-state index contributed by atoms with van der Waals surface area (Å²) in [7, 11) is 0. The van der Waals surface area contributed by atoms with E-state index in [2.05, 4.69) is 58.9 Å². The summed E-state index contributed by atoms with van der Waals surface area (Å²) in [6.07, 6.45) is 0. The second-order valence-corrected chi connectivity index (χ2v) is 5.68. The van der Waals surface area contributed by atoms with Crippen LogP contribution in [0.1, 0.15) is 5.56 Å². The van der Waals surface area contributed by atoms with Crippen LogP contribution in [0, 0.1) is 0 Å². The zero-order chi connectivity index (χ0) is 12.1. The third-order valence-corrected chi connectivity index (χ3v) is 4.04. The molecule has 2 rings (SSSR count). The van der Waals surface area contributed by atoms with E-state index in [1.54, 1.807) is 0 Å². The highest BCUT2D eigenvalue weighted by molar-refractivity contribution is 9.10. The van der Waals surface area contributed by atoms with Gasteiger partial charge in [-0.3, -0.25) is 0 Å². The maximum atomic E-state index is 4.13. The second kappa shape index (κ2) is 6.08. The molecule has 0 aliphatic carbocycles. The molecule has 0 amide bonds. The van der Waals surface area contributed by atoms with Crippen LogP contribution in [0.15, 0.2) is 70.5 Å². The van der Waals surface area contributed by atoms with Crippen molar-refractivity contribution in [3.63, 3.8) is 0 Å². The van der Waals surface area contributed by atoms with Crippen LogP contribution in [0.2, 0.25) is 0 Å². The predicted molar refractivity (Wildman–Crippen MR) is 80.3 cm³/mol. The van der Waals surface area contributed by atoms with E-state index in [1.807, 2.05) is 30.0 Å². The van der Waals surface area contributed by atoms with Crippen molar-refractivity contribution in [3.05, 3.63) is 71.2 Å². The Morgan fingerprint density at radius 1 is 1.00 bits per heavy atom. The standard InChI is InChI=1S/C15H13BrS/c1-12(13-7-9-14(16)10-8-13)11-17-15-5-3-2-4-6-15/h2-10H,1,11H2. The summed E-state index contributed by atoms with van der Waals surface area (Å²) in [5.74, 6) is 0.922. The van der Waals surface area contributed by atoms with Crippen LogP contribution in [0.4, 0.5) is 0 Å². The maximum absolute atomic E-state index is 4.13. The minimum Gasteiger partial charge on any atom is -0.121 e. The van der Waals surface area contributed by atoms with E-state index in [0.717, 1.165) is 15.8 Å². The SMILES string of the molecule is C=C(CSc1ccccc1)c1ccc(Br)cc1. The Kier molecular flexibility index (Phi) is 4.46. The number of halogens is 1. The lowest BCUT2D eigenvalue weighted by Gasteiger charge is -2.06. The van der Waals surface area contributed by atoms with Gasteiger partial charge in [0.25, 0.3) is 0 Å². The molecule has 2 heteroatoms. The number of hydrogen-bond acceptors (Lipinski definition) is 1. The van der Waals surface area contributed by atoms with Gasteiger partial charge < -0.3 is 0 Å². The molecule has 0 aliphatic rings. The first kappa shape index (κ1) is 12.5. The predicted octanol–water partition coefficient (Wildman–Crippen LogP) is 5.25. The van der Waals surface area contributed by atoms with Gasteiger partial charge in [-0.15, -0.1) is 11.8 Å². The van der Waals surface area contributed by atoms with Crippen molar-refractivity contribution in [3.8, 4) is 0 Å². The summed E-state index contributed by atoms with van der Waals surface area (Å²) >= 11 is 5.25. The van der Waals surface area contributed by atoms with E-state index in [9.17, 15) is 0 Å². The molecule has 0 bridgehead atoms. The fraction of sp³-hybridized carbons (Fsp3) is 0.0667. The summed E-state index contributed by atoms with van der Waals surface area (Å²) in [5.41, 5.74) is 2.36. The van der Waals surface area contributed by atoms with Crippen molar-refractivity contribution >= 4 is 33.3 Å². The number of benzene rings is 2. The normalized spacial score (nSPS) is 10.2. The number of thioether (sulfide) groups is 1. The van der Waals surface area contributed by atoms with Gasteiger partial charge in [-0.2, -0.15) is 0 Å². The lowest BCUT2D eigenvalue weighted by Crippen LogP contribution is -1.86. The lowest BCUT2D eigenvalue weighted by atomic mass is 10.1. The topological polar surface area (TPSA) is 0 Å². The number of rotatable bonds is 4. The molecular formula is C15H13BrS. The molecule has 0 saturated heterocycles. The molecule has 0 saturated carbocycles. The van der Waals surface area contributed by atoms with E-state index >= 15 is 0 Å². The lowest BCUT2D eigenvalue weighted by molar-refractivity contribution is 1.46. The largest absolute Gasteiger partial charge is 0.121 e. The van der Waals surface area contributed by atoms with E-state index in [4.69, 9.17) is 0 Å². The molecular weight excluding hydrogens is 292 g/mol. The van der Waals surface area contributed by atoms with Crippen molar-refractivity contribution in [1.29, 1.82) is 0 Å². The first-order valence-corrected chi connectivity index (χ1v) is 7.15. The molecule has 2 aromatic carbocycles. The van der Waals surface area contributed by atoms with Crippen LogP contribution in [0.25, 0.3) is 5.57 Å². The summed E-state index contributed by atoms with van der Waals surface area (Å²) in [5, 5.41) is 0. The van der Waals surface area contributed by atoms with E-state index in [1.165, 1.54) is 10.5 Å². The Balaban J connectivity index is 1.96. The van der Waals surface area contributed by atoms with Gasteiger partial charge in [-0.25, -0.2) is 0 Å². The summed E-state index contributed by atoms with van der Waals surface area (Å²) in [6.45, 7) is 4.13. The van der Waals surface area contributed by atoms with E-state index in [-0.39, 0.29) is 0 Å². The van der Waals surface area contributed by atoms with Gasteiger partial charge in [-0.05, 0) is 35.4 Å². The van der Waals surface area contributed by atoms with E-state index < -0.39 is 0 Å². The van der Waals surface area contributed by atoms with Crippen LogP contribution in [0.5, 0.6) is 0 Å². The molecule has 2 aromatic rings. The van der Waals surface area contributed by atoms with Gasteiger partial charge >= 0.3 is 0 Å². The molecule has 0 N–H and O–H groups in total. The van der Waals surface area contributed by atoms with Gasteiger partial charge in [0.05, 0.1) is 0 Å². The molecule has 0 radical (unpaired) electrons. The molecule has 0 heterocycles. The Labute approximate surface area is 115 Å². The fourth-order valence-corrected chi connectivity index (χ4v) is 2.58. The van der Waals surface area contributed by atoms with Crippen LogP contribution >= 0.6 is 27.7 Å². The molecule has 0 unspecified atom stereocenters. The van der Waals surface area contributed by atoms with Gasteiger partial charge in [0.15, 0.2) is 0 Å². The molecule has 0 nitrogen and oxygen atoms in total. The molecule has 86 valence electrons. The third-order valence-electron chi connectivity index (χ3n) is 2.41. The smallest absolute Gasteiger partial charge is 0.0232 e. The van der Waals surface area contributed by atoms with Crippen molar-refractivity contribution in [2.75, 3.05) is 5.75 Å². The quantitative estimate of drug-likeness (QED) is 0.695. The molecule has 17 heavy (non-hydrogen) atoms. The Bertz CT molecular complexity index is 488. The van der Waals surface area contributed by atoms with Crippen molar-refractivity contribution in [2.24, 2.45) is 0 Å². The average molecular weight is 305 g/mol. The summed E-state index contributed by atoms with van der Waals surface area (Å²) in [6, 6.07) is 18.7. The Morgan fingerprint density at radius 2 is 1.65 bits per heavy atom. The second-order valence-electron chi connectivity index (χ2n) is 3.71. The fourth-order valence-electron chi connectivity index (χ4n) is 1.46. The minimum atomic E-state index is 0.922. The van der Waals surface area contributed by atoms with Gasteiger partial charge in [0.2, 0.25) is 0 Å². The summed E-state index contributed by atoms with van der Waals surface area (Å²) < 4.78 is 1.10. The van der Waals surface area contributed by atoms with Gasteiger partial charge in [0.1, 0.15) is 0 Å². The zero-order valence-corrected chi connectivity index (χ0v) is 11.8. The van der Waals surface area contributed by atoms with Gasteiger partial charge in [0, 0.05) is 15.1 Å². The first-order valence-electron chi connectivity index (χ1n) is 5.37. The van der Waals surface area contributed by atoms with Crippen LogP contribution in [0.3, 0.4) is 0 Å². The molecule has 0 aromatic heterocycles. The minimum absolute atomic E-state index is 0.922. The van der Waals surface area contributed by atoms with Crippen LogP contribution in [-0.2, 0) is 0 Å². The Morgan fingerprint density at radius 3 is 2.29 bits per heavy atom. The number of hydrogen-bond donors (Lipinski definition) is 0. The molecule has 0 spiro atoms. The highest BCUT2D eigenvalue weighted by Crippen LogP contribution is 2.25. The van der Waals surface area contributed by atoms with E-state index in [0.29, 0.717) is 0 Å². The van der Waals surface area contributed by atoms with Crippen molar-refractivity contribution < 1.29 is 0 Å². The van der Waals surface area contributed by atoms with Crippen LogP contribution < -0.4 is 0 Å². The third kappa shape index (κ3) is 3.76. The van der Waals surface area contributed by atoms with Crippen LogP contribution in [-0.4, -0.2) is 5.75 Å². The monoisotopic (exact) mass is 304 g/mol. The van der Waals surface area contributed by atoms with Crippen molar-refractivity contribution in [1.82, 2.24) is 0 Å². The first-order chi connectivity index (χ1) is 8.25. The molecule has 0 fully saturated rings.